The van der Waals surface area contributed by atoms with Gasteiger partial charge in [0.15, 0.2) is 0 Å². The Morgan fingerprint density at radius 2 is 1.81 bits per heavy atom. The first kappa shape index (κ1) is 17.1. The Hall–Kier alpha value is -2.32. The number of H-pyrrole nitrogens is 1. The Morgan fingerprint density at radius 1 is 1.08 bits per heavy atom. The SMILES string of the molecule is O=S(=O)(c1cc(F)ccc1F)N1CCC(c2nc3ccccc3[nH]2)CC1. The minimum Gasteiger partial charge on any atom is -0.342 e. The van der Waals surface area contributed by atoms with E-state index in [1.54, 1.807) is 0 Å². The highest BCUT2D eigenvalue weighted by molar-refractivity contribution is 7.89. The molecule has 0 saturated carbocycles. The van der Waals surface area contributed by atoms with Crippen LogP contribution < -0.4 is 0 Å². The monoisotopic (exact) mass is 377 g/mol. The van der Waals surface area contributed by atoms with E-state index in [4.69, 9.17) is 0 Å². The summed E-state index contributed by atoms with van der Waals surface area (Å²) in [5.74, 6) is -0.778. The number of imidazole rings is 1. The van der Waals surface area contributed by atoms with Crippen molar-refractivity contribution in [2.45, 2.75) is 23.7 Å². The second-order valence-electron chi connectivity index (χ2n) is 6.39. The summed E-state index contributed by atoms with van der Waals surface area (Å²) >= 11 is 0. The molecule has 0 atom stereocenters. The van der Waals surface area contributed by atoms with Crippen LogP contribution in [-0.2, 0) is 10.0 Å². The van der Waals surface area contributed by atoms with Gasteiger partial charge >= 0.3 is 0 Å². The molecule has 1 aliphatic heterocycles. The predicted octanol–water partition coefficient (Wildman–Crippen LogP) is 3.41. The van der Waals surface area contributed by atoms with Gasteiger partial charge in [-0.05, 0) is 43.2 Å². The summed E-state index contributed by atoms with van der Waals surface area (Å²) in [6.07, 6.45) is 1.13. The second kappa shape index (κ2) is 6.44. The molecule has 1 saturated heterocycles. The van der Waals surface area contributed by atoms with E-state index in [-0.39, 0.29) is 19.0 Å². The van der Waals surface area contributed by atoms with Crippen LogP contribution in [0.15, 0.2) is 47.4 Å². The first-order chi connectivity index (χ1) is 12.4. The number of rotatable bonds is 3. The third kappa shape index (κ3) is 2.99. The highest BCUT2D eigenvalue weighted by Gasteiger charge is 2.33. The maximum absolute atomic E-state index is 13.9. The Balaban J connectivity index is 1.53. The molecule has 0 aliphatic carbocycles. The Kier molecular flexibility index (Phi) is 4.24. The minimum atomic E-state index is -4.06. The highest BCUT2D eigenvalue weighted by Crippen LogP contribution is 2.31. The molecule has 1 aromatic heterocycles. The standard InChI is InChI=1S/C18H17F2N3O2S/c19-13-5-6-14(20)17(11-13)26(24,25)23-9-7-12(8-10-23)18-21-15-3-1-2-4-16(15)22-18/h1-6,11-12H,7-10H2,(H,21,22). The number of hydrogen-bond donors (Lipinski definition) is 1. The average molecular weight is 377 g/mol. The van der Waals surface area contributed by atoms with Crippen LogP contribution in [0.3, 0.4) is 0 Å². The normalized spacial score (nSPS) is 17.0. The molecule has 0 spiro atoms. The van der Waals surface area contributed by atoms with Crippen molar-refractivity contribution in [2.75, 3.05) is 13.1 Å². The van der Waals surface area contributed by atoms with E-state index in [0.717, 1.165) is 35.1 Å². The van der Waals surface area contributed by atoms with E-state index in [1.165, 1.54) is 4.31 Å². The number of sulfonamides is 1. The van der Waals surface area contributed by atoms with Crippen molar-refractivity contribution < 1.29 is 17.2 Å². The van der Waals surface area contributed by atoms with Crippen LogP contribution in [0.4, 0.5) is 8.78 Å². The summed E-state index contributed by atoms with van der Waals surface area (Å²) in [6.45, 7) is 0.472. The van der Waals surface area contributed by atoms with E-state index in [0.29, 0.717) is 12.8 Å². The van der Waals surface area contributed by atoms with E-state index < -0.39 is 26.6 Å². The number of fused-ring (bicyclic) bond motifs is 1. The van der Waals surface area contributed by atoms with E-state index in [9.17, 15) is 17.2 Å². The molecule has 2 aromatic carbocycles. The zero-order chi connectivity index (χ0) is 18.3. The molecule has 0 amide bonds. The van der Waals surface area contributed by atoms with Crippen LogP contribution in [0.25, 0.3) is 11.0 Å². The predicted molar refractivity (Wildman–Crippen MR) is 93.2 cm³/mol. The average Bonchev–Trinajstić information content (AvgIpc) is 3.08. The molecule has 136 valence electrons. The summed E-state index contributed by atoms with van der Waals surface area (Å²) in [6, 6.07) is 10.2. The molecule has 0 unspecified atom stereocenters. The molecule has 3 aromatic rings. The number of hydrogen-bond acceptors (Lipinski definition) is 3. The lowest BCUT2D eigenvalue weighted by Crippen LogP contribution is -2.38. The van der Waals surface area contributed by atoms with Gasteiger partial charge in [0.1, 0.15) is 22.4 Å². The zero-order valence-electron chi connectivity index (χ0n) is 13.8. The maximum Gasteiger partial charge on any atom is 0.246 e. The van der Waals surface area contributed by atoms with Crippen molar-refractivity contribution in [1.29, 1.82) is 0 Å². The third-order valence-corrected chi connectivity index (χ3v) is 6.67. The lowest BCUT2D eigenvalue weighted by Gasteiger charge is -2.30. The Labute approximate surface area is 149 Å². The van der Waals surface area contributed by atoms with Crippen molar-refractivity contribution in [1.82, 2.24) is 14.3 Å². The first-order valence-electron chi connectivity index (χ1n) is 8.35. The van der Waals surface area contributed by atoms with Crippen molar-refractivity contribution in [3.8, 4) is 0 Å². The summed E-state index contributed by atoms with van der Waals surface area (Å²) in [5.41, 5.74) is 1.82. The van der Waals surface area contributed by atoms with Crippen molar-refractivity contribution in [3.05, 3.63) is 59.9 Å². The van der Waals surface area contributed by atoms with Gasteiger partial charge in [0.2, 0.25) is 10.0 Å². The fourth-order valence-corrected chi connectivity index (χ4v) is 4.90. The van der Waals surface area contributed by atoms with Crippen LogP contribution >= 0.6 is 0 Å². The lowest BCUT2D eigenvalue weighted by molar-refractivity contribution is 0.313. The van der Waals surface area contributed by atoms with E-state index in [2.05, 4.69) is 9.97 Å². The molecule has 1 N–H and O–H groups in total. The molecule has 8 heteroatoms. The summed E-state index contributed by atoms with van der Waals surface area (Å²) < 4.78 is 53.8. The summed E-state index contributed by atoms with van der Waals surface area (Å²) in [5, 5.41) is 0. The minimum absolute atomic E-state index is 0.103. The van der Waals surface area contributed by atoms with Gasteiger partial charge in [0, 0.05) is 19.0 Å². The topological polar surface area (TPSA) is 66.1 Å². The largest absolute Gasteiger partial charge is 0.342 e. The number of aromatic nitrogens is 2. The van der Waals surface area contributed by atoms with E-state index in [1.807, 2.05) is 24.3 Å². The van der Waals surface area contributed by atoms with Gasteiger partial charge in [0.05, 0.1) is 11.0 Å². The molecule has 1 aliphatic rings. The maximum atomic E-state index is 13.9. The number of benzene rings is 2. The van der Waals surface area contributed by atoms with Crippen LogP contribution in [0.1, 0.15) is 24.6 Å². The van der Waals surface area contributed by atoms with Gasteiger partial charge < -0.3 is 4.98 Å². The quantitative estimate of drug-likeness (QED) is 0.761. The highest BCUT2D eigenvalue weighted by atomic mass is 32.2. The Morgan fingerprint density at radius 3 is 2.54 bits per heavy atom. The number of aromatic amines is 1. The van der Waals surface area contributed by atoms with Crippen LogP contribution in [0, 0.1) is 11.6 Å². The van der Waals surface area contributed by atoms with Gasteiger partial charge in [-0.3, -0.25) is 0 Å². The zero-order valence-corrected chi connectivity index (χ0v) is 14.6. The van der Waals surface area contributed by atoms with Gasteiger partial charge in [-0.2, -0.15) is 4.31 Å². The molecule has 26 heavy (non-hydrogen) atoms. The molecule has 2 heterocycles. The van der Waals surface area contributed by atoms with Gasteiger partial charge in [-0.25, -0.2) is 22.2 Å². The number of para-hydroxylation sites is 2. The van der Waals surface area contributed by atoms with Crippen LogP contribution in [-0.4, -0.2) is 35.8 Å². The molecule has 1 fully saturated rings. The smallest absolute Gasteiger partial charge is 0.246 e. The summed E-state index contributed by atoms with van der Waals surface area (Å²) in [7, 11) is -4.06. The third-order valence-electron chi connectivity index (χ3n) is 4.76. The number of halogens is 2. The Bertz CT molecular complexity index is 1020. The van der Waals surface area contributed by atoms with Crippen LogP contribution in [0.5, 0.6) is 0 Å². The molecule has 0 bridgehead atoms. The molecule has 5 nitrogen and oxygen atoms in total. The lowest BCUT2D eigenvalue weighted by atomic mass is 9.97. The van der Waals surface area contributed by atoms with Gasteiger partial charge in [0.25, 0.3) is 0 Å². The van der Waals surface area contributed by atoms with Crippen molar-refractivity contribution >= 4 is 21.1 Å². The molecular formula is C18H17F2N3O2S. The van der Waals surface area contributed by atoms with Crippen LogP contribution in [0.2, 0.25) is 0 Å². The van der Waals surface area contributed by atoms with E-state index >= 15 is 0 Å². The van der Waals surface area contributed by atoms with Gasteiger partial charge in [-0.15, -0.1) is 0 Å². The van der Waals surface area contributed by atoms with Crippen molar-refractivity contribution in [3.63, 3.8) is 0 Å². The number of piperidine rings is 1. The van der Waals surface area contributed by atoms with Crippen molar-refractivity contribution in [2.24, 2.45) is 0 Å². The molecule has 4 rings (SSSR count). The fourth-order valence-electron chi connectivity index (χ4n) is 3.35. The molecular weight excluding hydrogens is 360 g/mol. The fraction of sp³-hybridized carbons (Fsp3) is 0.278. The molecule has 0 radical (unpaired) electrons. The second-order valence-corrected chi connectivity index (χ2v) is 8.30. The van der Waals surface area contributed by atoms with Gasteiger partial charge in [-0.1, -0.05) is 12.1 Å². The number of nitrogens with one attached hydrogen (secondary N) is 1. The summed E-state index contributed by atoms with van der Waals surface area (Å²) in [4.78, 5) is 7.24. The first-order valence-corrected chi connectivity index (χ1v) is 9.79. The number of nitrogens with zero attached hydrogens (tertiary/aromatic N) is 2.